The largest absolute Gasteiger partial charge is 0.493 e. The quantitative estimate of drug-likeness (QED) is 0.429. The normalized spacial score (nSPS) is 15.1. The molecule has 3 rings (SSSR count). The van der Waals surface area contributed by atoms with E-state index in [1.165, 1.54) is 0 Å². The summed E-state index contributed by atoms with van der Waals surface area (Å²) in [5, 5.41) is 0. The average Bonchev–Trinajstić information content (AvgIpc) is 3.23. The first-order valence-electron chi connectivity index (χ1n) is 10.8. The molecule has 2 aromatic rings. The Kier molecular flexibility index (Phi) is 7.66. The van der Waals surface area contributed by atoms with E-state index in [1.54, 1.807) is 12.1 Å². The number of carbonyl (C=O) groups excluding carboxylic acids is 2. The molecule has 0 heterocycles. The Bertz CT molecular complexity index is 871. The molecule has 0 aliphatic heterocycles. The van der Waals surface area contributed by atoms with E-state index >= 15 is 0 Å². The maximum atomic E-state index is 14.0. The summed E-state index contributed by atoms with van der Waals surface area (Å²) in [4.78, 5) is 27.9. The van der Waals surface area contributed by atoms with Crippen molar-refractivity contribution in [3.8, 4) is 11.5 Å². The summed E-state index contributed by atoms with van der Waals surface area (Å²) in [5.74, 6) is 1.02. The van der Waals surface area contributed by atoms with Gasteiger partial charge in [0.05, 0.1) is 13.2 Å². The zero-order chi connectivity index (χ0) is 21.7. The van der Waals surface area contributed by atoms with E-state index in [1.807, 2.05) is 52.0 Å². The van der Waals surface area contributed by atoms with Gasteiger partial charge in [-0.3, -0.25) is 9.59 Å². The van der Waals surface area contributed by atoms with Gasteiger partial charge in [-0.2, -0.15) is 0 Å². The van der Waals surface area contributed by atoms with Gasteiger partial charge in [0, 0.05) is 13.5 Å². The lowest BCUT2D eigenvalue weighted by atomic mass is 10.0. The smallest absolute Gasteiger partial charge is 0.199 e. The van der Waals surface area contributed by atoms with Gasteiger partial charge < -0.3 is 9.47 Å². The van der Waals surface area contributed by atoms with Crippen LogP contribution in [0.5, 0.6) is 11.5 Å². The molecule has 1 aliphatic rings. The maximum Gasteiger partial charge on any atom is 0.199 e. The lowest BCUT2D eigenvalue weighted by Gasteiger charge is -2.25. The summed E-state index contributed by atoms with van der Waals surface area (Å²) in [6.45, 7) is 8.58. The molecule has 0 radical (unpaired) electrons. The van der Waals surface area contributed by atoms with Crippen molar-refractivity contribution in [3.05, 3.63) is 58.7 Å². The van der Waals surface area contributed by atoms with Crippen LogP contribution in [0.1, 0.15) is 71.4 Å². The summed E-state index contributed by atoms with van der Waals surface area (Å²) < 4.78 is 11.6. The number of carbonyl (C=O) groups is 2. The van der Waals surface area contributed by atoms with Gasteiger partial charge in [-0.1, -0.05) is 37.1 Å². The molecule has 1 fully saturated rings. The molecule has 1 saturated carbocycles. The highest BCUT2D eigenvalue weighted by atomic mass is 31.1. The predicted octanol–water partition coefficient (Wildman–Crippen LogP) is 6.51. The molecule has 1 aliphatic carbocycles. The van der Waals surface area contributed by atoms with Gasteiger partial charge in [-0.25, -0.2) is 0 Å². The number of hydrogen-bond donors (Lipinski definition) is 0. The van der Waals surface area contributed by atoms with Crippen molar-refractivity contribution in [2.75, 3.05) is 13.2 Å². The van der Waals surface area contributed by atoms with Gasteiger partial charge >= 0.3 is 0 Å². The van der Waals surface area contributed by atoms with Gasteiger partial charge in [0.1, 0.15) is 17.1 Å². The minimum absolute atomic E-state index is 0.00810. The molecular weight excluding hydrogens is 395 g/mol. The van der Waals surface area contributed by atoms with Crippen LogP contribution in [0, 0.1) is 13.8 Å². The molecule has 0 bridgehead atoms. The first-order valence-corrected chi connectivity index (χ1v) is 12.2. The highest BCUT2D eigenvalue weighted by Gasteiger charge is 2.40. The molecule has 30 heavy (non-hydrogen) atoms. The molecule has 2 aromatic carbocycles. The molecule has 5 heteroatoms. The number of aryl methyl sites for hydroxylation is 2. The van der Waals surface area contributed by atoms with E-state index in [2.05, 4.69) is 0 Å². The van der Waals surface area contributed by atoms with Gasteiger partial charge in [0.25, 0.3) is 0 Å². The summed E-state index contributed by atoms with van der Waals surface area (Å²) in [5.41, 5.74) is 2.99. The van der Waals surface area contributed by atoms with Gasteiger partial charge in [0.15, 0.2) is 11.0 Å². The van der Waals surface area contributed by atoms with E-state index < -0.39 is 7.92 Å². The molecular formula is C25H31O4P. The Hall–Kier alpha value is -2.19. The summed E-state index contributed by atoms with van der Waals surface area (Å²) in [6.07, 6.45) is 3.99. The minimum Gasteiger partial charge on any atom is -0.493 e. The second-order valence-corrected chi connectivity index (χ2v) is 9.96. The Labute approximate surface area is 180 Å². The van der Waals surface area contributed by atoms with Crippen LogP contribution < -0.4 is 9.47 Å². The van der Waals surface area contributed by atoms with E-state index in [4.69, 9.17) is 9.47 Å². The Morgan fingerprint density at radius 2 is 1.30 bits per heavy atom. The van der Waals surface area contributed by atoms with E-state index in [-0.39, 0.29) is 16.7 Å². The van der Waals surface area contributed by atoms with Crippen molar-refractivity contribution < 1.29 is 19.1 Å². The third-order valence-corrected chi connectivity index (χ3v) is 8.19. The third kappa shape index (κ3) is 4.59. The van der Waals surface area contributed by atoms with Crippen LogP contribution in [0.3, 0.4) is 0 Å². The molecule has 0 amide bonds. The zero-order valence-electron chi connectivity index (χ0n) is 18.4. The van der Waals surface area contributed by atoms with Crippen LogP contribution in [-0.2, 0) is 0 Å². The van der Waals surface area contributed by atoms with Crippen molar-refractivity contribution in [1.82, 2.24) is 0 Å². The monoisotopic (exact) mass is 426 g/mol. The van der Waals surface area contributed by atoms with Crippen LogP contribution in [0.25, 0.3) is 0 Å². The average molecular weight is 426 g/mol. The number of hydrogen-bond acceptors (Lipinski definition) is 4. The van der Waals surface area contributed by atoms with Crippen molar-refractivity contribution >= 4 is 19.0 Å². The molecule has 0 N–H and O–H groups in total. The van der Waals surface area contributed by atoms with Crippen molar-refractivity contribution in [3.63, 3.8) is 0 Å². The predicted molar refractivity (Wildman–Crippen MR) is 123 cm³/mol. The van der Waals surface area contributed by atoms with Crippen molar-refractivity contribution in [2.45, 2.75) is 59.0 Å². The Balaban J connectivity index is 2.12. The van der Waals surface area contributed by atoms with Gasteiger partial charge in [-0.15, -0.1) is 0 Å². The fourth-order valence-electron chi connectivity index (χ4n) is 4.25. The van der Waals surface area contributed by atoms with Crippen LogP contribution in [0.4, 0.5) is 0 Å². The first kappa shape index (κ1) is 22.5. The lowest BCUT2D eigenvalue weighted by Crippen LogP contribution is -2.18. The summed E-state index contributed by atoms with van der Waals surface area (Å²) in [6, 6.07) is 11.3. The fraction of sp³-hybridized carbons (Fsp3) is 0.440. The SMILES string of the molecule is CCOc1cccc(OCC)c1C(=O)P(C(=O)c1c(C)cccc1C)C1CCCC1. The van der Waals surface area contributed by atoms with E-state index in [0.29, 0.717) is 35.8 Å². The zero-order valence-corrected chi connectivity index (χ0v) is 19.3. The van der Waals surface area contributed by atoms with E-state index in [0.717, 1.165) is 36.8 Å². The Morgan fingerprint density at radius 1 is 0.833 bits per heavy atom. The van der Waals surface area contributed by atoms with Crippen LogP contribution in [0.2, 0.25) is 0 Å². The highest BCUT2D eigenvalue weighted by Crippen LogP contribution is 2.56. The fourth-order valence-corrected chi connectivity index (χ4v) is 7.04. The van der Waals surface area contributed by atoms with Gasteiger partial charge in [0.2, 0.25) is 0 Å². The molecule has 4 nitrogen and oxygen atoms in total. The number of rotatable bonds is 9. The van der Waals surface area contributed by atoms with Crippen molar-refractivity contribution in [1.29, 1.82) is 0 Å². The van der Waals surface area contributed by atoms with Crippen LogP contribution in [0.15, 0.2) is 36.4 Å². The number of ether oxygens (including phenoxy) is 2. The molecule has 0 spiro atoms. The molecule has 1 unspecified atom stereocenters. The second-order valence-electron chi connectivity index (χ2n) is 7.68. The van der Waals surface area contributed by atoms with Crippen LogP contribution in [-0.4, -0.2) is 29.9 Å². The lowest BCUT2D eigenvalue weighted by molar-refractivity contribution is 0.104. The maximum absolute atomic E-state index is 14.0. The first-order chi connectivity index (χ1) is 14.5. The number of benzene rings is 2. The Morgan fingerprint density at radius 3 is 1.80 bits per heavy atom. The van der Waals surface area contributed by atoms with Gasteiger partial charge in [-0.05, 0) is 69.5 Å². The minimum atomic E-state index is -1.56. The molecule has 1 atom stereocenters. The summed E-state index contributed by atoms with van der Waals surface area (Å²) >= 11 is 0. The second kappa shape index (κ2) is 10.2. The van der Waals surface area contributed by atoms with E-state index in [9.17, 15) is 9.59 Å². The third-order valence-electron chi connectivity index (χ3n) is 5.62. The van der Waals surface area contributed by atoms with Crippen molar-refractivity contribution in [2.24, 2.45) is 0 Å². The molecule has 0 saturated heterocycles. The summed E-state index contributed by atoms with van der Waals surface area (Å²) in [7, 11) is -1.56. The molecule has 160 valence electrons. The van der Waals surface area contributed by atoms with Crippen LogP contribution >= 0.6 is 7.92 Å². The topological polar surface area (TPSA) is 52.6 Å². The standard InChI is InChI=1S/C25H31O4P/c1-5-28-20-15-10-16-21(29-6-2)23(20)25(27)30(19-13-7-8-14-19)24(26)22-17(3)11-9-12-18(22)4/h9-12,15-16,19H,5-8,13-14H2,1-4H3. The highest BCUT2D eigenvalue weighted by molar-refractivity contribution is 7.90. The molecule has 0 aromatic heterocycles.